The first-order valence-corrected chi connectivity index (χ1v) is 16.1. The van der Waals surface area contributed by atoms with Crippen LogP contribution in [0.4, 0.5) is 22.1 Å². The van der Waals surface area contributed by atoms with E-state index in [0.717, 1.165) is 34.1 Å². The van der Waals surface area contributed by atoms with Gasteiger partial charge in [-0.25, -0.2) is 19.3 Å². The van der Waals surface area contributed by atoms with E-state index in [9.17, 15) is 26.5 Å². The third-order valence-corrected chi connectivity index (χ3v) is 8.74. The number of quaternary nitrogens is 1. The molecule has 0 aliphatic carbocycles. The number of nitrogens with zero attached hydrogens (tertiary/aromatic N) is 1. The van der Waals surface area contributed by atoms with Gasteiger partial charge in [0.05, 0.1) is 38.3 Å². The quantitative estimate of drug-likeness (QED) is 0.0472. The number of phenols is 1. The summed E-state index contributed by atoms with van der Waals surface area (Å²) in [6.07, 6.45) is 1.05. The summed E-state index contributed by atoms with van der Waals surface area (Å²) >= 11 is 2.39. The lowest BCUT2D eigenvalue weighted by Crippen LogP contribution is -2.82. The second-order valence-electron chi connectivity index (χ2n) is 8.43. The van der Waals surface area contributed by atoms with E-state index in [1.165, 1.54) is 35.8 Å². The Morgan fingerprint density at radius 1 is 0.923 bits per heavy atom. The zero-order valence-electron chi connectivity index (χ0n) is 20.1. The van der Waals surface area contributed by atoms with Crippen LogP contribution in [-0.4, -0.2) is 37.1 Å². The van der Waals surface area contributed by atoms with Crippen LogP contribution >= 0.6 is 23.5 Å². The van der Waals surface area contributed by atoms with Crippen molar-refractivity contribution in [1.82, 2.24) is 4.37 Å². The summed E-state index contributed by atoms with van der Waals surface area (Å²) in [5.41, 5.74) is 7.23. The topological polar surface area (TPSA) is 174 Å². The normalized spacial score (nSPS) is 12.1. The summed E-state index contributed by atoms with van der Waals surface area (Å²) in [4.78, 5) is 0.179. The molecular weight excluding hydrogens is 583 g/mol. The third-order valence-electron chi connectivity index (χ3n) is 5.59. The summed E-state index contributed by atoms with van der Waals surface area (Å²) in [6, 6.07) is 19.7. The van der Waals surface area contributed by atoms with E-state index in [-0.39, 0.29) is 10.6 Å². The van der Waals surface area contributed by atoms with Crippen LogP contribution in [0.1, 0.15) is 0 Å². The maximum atomic E-state index is 12.1. The van der Waals surface area contributed by atoms with Gasteiger partial charge in [0.2, 0.25) is 15.0 Å². The minimum atomic E-state index is -4.32. The van der Waals surface area contributed by atoms with Gasteiger partial charge >= 0.3 is 0 Å². The fraction of sp³-hybridized carbons (Fsp3) is 0.0417. The maximum Gasteiger partial charge on any atom is 0.294 e. The molecule has 0 atom stereocenters. The number of nitrogen functional groups attached to an aromatic ring is 1. The molecule has 4 aromatic carbocycles. The predicted molar refractivity (Wildman–Crippen MR) is 155 cm³/mol. The Balaban J connectivity index is 1.52. The maximum absolute atomic E-state index is 12.1. The number of aromatic nitrogens is 1. The molecule has 0 amide bonds. The number of rotatable bonds is 9. The van der Waals surface area contributed by atoms with Crippen molar-refractivity contribution in [3.63, 3.8) is 0 Å². The Labute approximate surface area is 232 Å². The minimum absolute atomic E-state index is 0.0806. The second-order valence-corrected chi connectivity index (χ2v) is 13.3. The van der Waals surface area contributed by atoms with Gasteiger partial charge in [-0.05, 0) is 60.5 Å². The number of aromatic hydroxyl groups is 1. The zero-order valence-corrected chi connectivity index (χ0v) is 23.4. The molecule has 0 bridgehead atoms. The Morgan fingerprint density at radius 3 is 2.36 bits per heavy atom. The molecular formula is C24H22N5O6S4+. The van der Waals surface area contributed by atoms with Crippen LogP contribution in [0.3, 0.4) is 0 Å². The van der Waals surface area contributed by atoms with E-state index in [2.05, 4.69) is 19.2 Å². The number of anilines is 3. The van der Waals surface area contributed by atoms with Gasteiger partial charge in [-0.2, -0.15) is 12.8 Å². The minimum Gasteiger partial charge on any atom is -0.506 e. The summed E-state index contributed by atoms with van der Waals surface area (Å²) in [5, 5.41) is 13.8. The Bertz CT molecular complexity index is 1910. The molecule has 0 aliphatic heterocycles. The molecule has 5 rings (SSSR count). The number of nitrogens with two attached hydrogens (primary N) is 1. The summed E-state index contributed by atoms with van der Waals surface area (Å²) in [6.45, 7) is 0. The number of hydrogen-bond donors (Lipinski definition) is 6. The molecule has 5 aromatic rings. The van der Waals surface area contributed by atoms with Gasteiger partial charge in [0.15, 0.2) is 0 Å². The standard InChI is InChI=1S/C24H21N5O6S4/c1-38(31,32)29-19-8-4-6-17-22(19)20(25-26-24-16-5-2-3-7-18(16)28-37-24)13-21(23(17)30)36-27-14-9-11-15(12-10-14)39(33,34)35/h2-13,25-27,29-30H,1H3,(H,33,34,35)/p+1. The Kier molecular flexibility index (Phi) is 7.28. The SMILES string of the molecule is CS(=O)(=O)Nc1cccc2c(O)c(SNc3ccc(S(=O)(=O)O)cc3)cc(N[NH2+]c3snc4ccccc34)c12. The number of fused-ring (bicyclic) bond motifs is 2. The molecule has 0 spiro atoms. The van der Waals surface area contributed by atoms with Gasteiger partial charge in [0.25, 0.3) is 10.1 Å². The molecule has 0 aliphatic rings. The Hall–Kier alpha value is -3.60. The van der Waals surface area contributed by atoms with Gasteiger partial charge in [0, 0.05) is 28.0 Å². The smallest absolute Gasteiger partial charge is 0.294 e. The van der Waals surface area contributed by atoms with Crippen molar-refractivity contribution in [2.45, 2.75) is 9.79 Å². The van der Waals surface area contributed by atoms with E-state index < -0.39 is 20.1 Å². The summed E-state index contributed by atoms with van der Waals surface area (Å²) in [5.74, 6) is -0.0806. The van der Waals surface area contributed by atoms with E-state index in [4.69, 9.17) is 0 Å². The van der Waals surface area contributed by atoms with Crippen LogP contribution in [0.25, 0.3) is 21.7 Å². The lowest BCUT2D eigenvalue weighted by Gasteiger charge is -2.16. The van der Waals surface area contributed by atoms with Crippen molar-refractivity contribution >= 4 is 87.4 Å². The lowest BCUT2D eigenvalue weighted by molar-refractivity contribution is -0.532. The predicted octanol–water partition coefficient (Wildman–Crippen LogP) is 4.11. The van der Waals surface area contributed by atoms with Gasteiger partial charge in [-0.15, -0.1) is 0 Å². The largest absolute Gasteiger partial charge is 0.506 e. The number of nitrogens with one attached hydrogen (secondary N) is 3. The molecule has 15 heteroatoms. The highest BCUT2D eigenvalue weighted by Crippen LogP contribution is 2.43. The molecule has 0 fully saturated rings. The van der Waals surface area contributed by atoms with Gasteiger partial charge in [0.1, 0.15) is 5.75 Å². The number of sulfonamides is 1. The molecule has 1 aromatic heterocycles. The van der Waals surface area contributed by atoms with Gasteiger partial charge in [-0.3, -0.25) is 9.27 Å². The average Bonchev–Trinajstić information content (AvgIpc) is 3.30. The monoisotopic (exact) mass is 604 g/mol. The molecule has 0 unspecified atom stereocenters. The molecule has 0 saturated heterocycles. The lowest BCUT2D eigenvalue weighted by atomic mass is 10.1. The van der Waals surface area contributed by atoms with Crippen LogP contribution in [0.5, 0.6) is 5.75 Å². The zero-order chi connectivity index (χ0) is 27.8. The van der Waals surface area contributed by atoms with E-state index in [1.807, 2.05) is 24.3 Å². The van der Waals surface area contributed by atoms with Gasteiger partial charge < -0.3 is 9.83 Å². The highest BCUT2D eigenvalue weighted by Gasteiger charge is 2.19. The summed E-state index contributed by atoms with van der Waals surface area (Å²) < 4.78 is 65.9. The third kappa shape index (κ3) is 6.03. The molecule has 0 saturated carbocycles. The highest BCUT2D eigenvalue weighted by molar-refractivity contribution is 8.00. The van der Waals surface area contributed by atoms with Crippen LogP contribution in [0.15, 0.2) is 82.6 Å². The van der Waals surface area contributed by atoms with E-state index in [1.54, 1.807) is 29.7 Å². The molecule has 1 heterocycles. The number of hydrogen-bond acceptors (Lipinski definition) is 10. The Morgan fingerprint density at radius 2 is 1.64 bits per heavy atom. The fourth-order valence-corrected chi connectivity index (χ4v) is 6.42. The van der Waals surface area contributed by atoms with E-state index >= 15 is 0 Å². The van der Waals surface area contributed by atoms with E-state index in [0.29, 0.717) is 32.7 Å². The van der Waals surface area contributed by atoms with Crippen molar-refractivity contribution in [2.24, 2.45) is 0 Å². The van der Waals surface area contributed by atoms with Crippen molar-refractivity contribution < 1.29 is 31.9 Å². The average molecular weight is 605 g/mol. The van der Waals surface area contributed by atoms with Crippen molar-refractivity contribution in [3.05, 3.63) is 72.8 Å². The molecule has 202 valence electrons. The van der Waals surface area contributed by atoms with Crippen molar-refractivity contribution in [3.8, 4) is 5.75 Å². The molecule has 11 nitrogen and oxygen atoms in total. The van der Waals surface area contributed by atoms with Gasteiger partial charge in [-0.1, -0.05) is 24.3 Å². The van der Waals surface area contributed by atoms with Crippen molar-refractivity contribution in [1.29, 1.82) is 0 Å². The molecule has 7 N–H and O–H groups in total. The first kappa shape index (κ1) is 27.0. The first-order chi connectivity index (χ1) is 18.5. The van der Waals surface area contributed by atoms with Crippen LogP contribution in [0.2, 0.25) is 0 Å². The number of phenolic OH excluding ortho intramolecular Hbond substituents is 1. The van der Waals surface area contributed by atoms with Crippen molar-refractivity contribution in [2.75, 3.05) is 21.1 Å². The first-order valence-electron chi connectivity index (χ1n) is 11.2. The highest BCUT2D eigenvalue weighted by atomic mass is 32.2. The molecule has 0 radical (unpaired) electrons. The number of benzene rings is 4. The molecule has 39 heavy (non-hydrogen) atoms. The fourth-order valence-electron chi connectivity index (χ4n) is 3.89. The van der Waals surface area contributed by atoms with Crippen LogP contribution < -0.4 is 20.3 Å². The second kappa shape index (κ2) is 10.5. The van der Waals surface area contributed by atoms with Crippen LogP contribution in [-0.2, 0) is 20.1 Å². The van der Waals surface area contributed by atoms with Crippen LogP contribution in [0, 0.1) is 0 Å². The summed E-state index contributed by atoms with van der Waals surface area (Å²) in [7, 11) is -7.93.